The van der Waals surface area contributed by atoms with E-state index in [1.54, 1.807) is 12.1 Å². The minimum absolute atomic E-state index is 0.0484. The van der Waals surface area contributed by atoms with E-state index in [0.717, 1.165) is 31.2 Å². The lowest BCUT2D eigenvalue weighted by atomic mass is 10.2. The van der Waals surface area contributed by atoms with E-state index in [2.05, 4.69) is 0 Å². The van der Waals surface area contributed by atoms with E-state index in [1.807, 2.05) is 13.8 Å². The minimum atomic E-state index is -3.97. The van der Waals surface area contributed by atoms with Crippen molar-refractivity contribution in [2.75, 3.05) is 6.61 Å². The summed E-state index contributed by atoms with van der Waals surface area (Å²) < 4.78 is 40.0. The van der Waals surface area contributed by atoms with Gasteiger partial charge in [-0.25, -0.2) is 0 Å². The first-order valence-corrected chi connectivity index (χ1v) is 9.36. The van der Waals surface area contributed by atoms with Crippen molar-refractivity contribution >= 4 is 10.1 Å². The molecule has 6 nitrogen and oxygen atoms in total. The van der Waals surface area contributed by atoms with Crippen molar-refractivity contribution in [1.82, 2.24) is 0 Å². The van der Waals surface area contributed by atoms with Gasteiger partial charge in [0.1, 0.15) is 0 Å². The number of aryl methyl sites for hydroxylation is 1. The summed E-state index contributed by atoms with van der Waals surface area (Å²) in [7, 11) is -3.97. The highest BCUT2D eigenvalue weighted by molar-refractivity contribution is 7.86. The number of benzene rings is 1. The molecule has 0 amide bonds. The summed E-state index contributed by atoms with van der Waals surface area (Å²) >= 11 is 0. The van der Waals surface area contributed by atoms with E-state index in [-0.39, 0.29) is 11.2 Å². The summed E-state index contributed by atoms with van der Waals surface area (Å²) in [6.07, 6.45) is 2.95. The van der Waals surface area contributed by atoms with Crippen LogP contribution in [0, 0.1) is 6.92 Å². The van der Waals surface area contributed by atoms with E-state index in [0.29, 0.717) is 13.0 Å². The van der Waals surface area contributed by atoms with Crippen LogP contribution in [-0.4, -0.2) is 27.6 Å². The van der Waals surface area contributed by atoms with Gasteiger partial charge in [0.15, 0.2) is 12.6 Å². The van der Waals surface area contributed by atoms with Crippen LogP contribution in [0.3, 0.4) is 0 Å². The molecule has 1 aromatic carbocycles. The van der Waals surface area contributed by atoms with Crippen LogP contribution in [-0.2, 0) is 28.8 Å². The Kier molecular flexibility index (Phi) is 6.98. The van der Waals surface area contributed by atoms with Crippen molar-refractivity contribution in [3.63, 3.8) is 0 Å². The zero-order valence-electron chi connectivity index (χ0n) is 13.6. The van der Waals surface area contributed by atoms with E-state index in [9.17, 15) is 8.42 Å². The van der Waals surface area contributed by atoms with Gasteiger partial charge in [-0.05, 0) is 38.3 Å². The molecule has 0 aliphatic carbocycles. The molecule has 2 unspecified atom stereocenters. The van der Waals surface area contributed by atoms with Gasteiger partial charge in [-0.3, -0.25) is 0 Å². The SMILES string of the molecule is CCCC(OOS(=O)(=O)c1ccc(C)cc1)OC1CCCCO1. The molecule has 0 aromatic heterocycles. The largest absolute Gasteiger partial charge is 0.353 e. The predicted molar refractivity (Wildman–Crippen MR) is 83.9 cm³/mol. The average molecular weight is 344 g/mol. The molecule has 0 N–H and O–H groups in total. The van der Waals surface area contributed by atoms with E-state index in [4.69, 9.17) is 18.7 Å². The molecule has 1 aliphatic heterocycles. The Labute approximate surface area is 137 Å². The maximum atomic E-state index is 12.1. The molecule has 0 spiro atoms. The Morgan fingerprint density at radius 3 is 2.61 bits per heavy atom. The monoisotopic (exact) mass is 344 g/mol. The van der Waals surface area contributed by atoms with Crippen LogP contribution >= 0.6 is 0 Å². The molecule has 0 bridgehead atoms. The lowest BCUT2D eigenvalue weighted by Crippen LogP contribution is -2.30. The van der Waals surface area contributed by atoms with Crippen molar-refractivity contribution in [1.29, 1.82) is 0 Å². The molecule has 0 radical (unpaired) electrons. The van der Waals surface area contributed by atoms with Crippen molar-refractivity contribution in [2.24, 2.45) is 0 Å². The lowest BCUT2D eigenvalue weighted by Gasteiger charge is -2.26. The third kappa shape index (κ3) is 5.86. The second kappa shape index (κ2) is 8.75. The molecule has 7 heteroatoms. The zero-order valence-corrected chi connectivity index (χ0v) is 14.4. The number of hydrogen-bond donors (Lipinski definition) is 0. The molecule has 1 aliphatic rings. The highest BCUT2D eigenvalue weighted by atomic mass is 32.2. The maximum Gasteiger partial charge on any atom is 0.323 e. The van der Waals surface area contributed by atoms with E-state index >= 15 is 0 Å². The molecular weight excluding hydrogens is 320 g/mol. The second-order valence-corrected chi connectivity index (χ2v) is 7.10. The first-order chi connectivity index (χ1) is 11.0. The van der Waals surface area contributed by atoms with Gasteiger partial charge in [0.05, 0.1) is 4.90 Å². The Balaban J connectivity index is 1.92. The fourth-order valence-corrected chi connectivity index (χ4v) is 2.94. The molecule has 1 heterocycles. The summed E-state index contributed by atoms with van der Waals surface area (Å²) in [4.78, 5) is 5.09. The highest BCUT2D eigenvalue weighted by Gasteiger charge is 2.24. The first-order valence-electron chi connectivity index (χ1n) is 7.95. The van der Waals surface area contributed by atoms with Gasteiger partial charge in [-0.2, -0.15) is 13.3 Å². The molecule has 2 atom stereocenters. The third-order valence-electron chi connectivity index (χ3n) is 3.51. The van der Waals surface area contributed by atoms with Crippen LogP contribution in [0.4, 0.5) is 0 Å². The lowest BCUT2D eigenvalue weighted by molar-refractivity contribution is -0.355. The smallest absolute Gasteiger partial charge is 0.323 e. The van der Waals surface area contributed by atoms with E-state index < -0.39 is 16.4 Å². The van der Waals surface area contributed by atoms with Gasteiger partial charge in [0.25, 0.3) is 0 Å². The Morgan fingerprint density at radius 2 is 2.00 bits per heavy atom. The van der Waals surface area contributed by atoms with Gasteiger partial charge in [-0.1, -0.05) is 31.0 Å². The van der Waals surface area contributed by atoms with Crippen LogP contribution in [0.15, 0.2) is 29.2 Å². The number of rotatable bonds is 8. The maximum absolute atomic E-state index is 12.1. The predicted octanol–water partition coefficient (Wildman–Crippen LogP) is 3.30. The molecular formula is C16H24O6S. The summed E-state index contributed by atoms with van der Waals surface area (Å²) in [6, 6.07) is 6.36. The molecule has 1 saturated heterocycles. The van der Waals surface area contributed by atoms with Crippen LogP contribution < -0.4 is 0 Å². The van der Waals surface area contributed by atoms with Gasteiger partial charge in [0, 0.05) is 13.0 Å². The normalized spacial score (nSPS) is 20.3. The van der Waals surface area contributed by atoms with Crippen LogP contribution in [0.5, 0.6) is 0 Å². The summed E-state index contributed by atoms with van der Waals surface area (Å²) in [6.45, 7) is 4.48. The van der Waals surface area contributed by atoms with Crippen molar-refractivity contribution in [2.45, 2.75) is 63.4 Å². The fourth-order valence-electron chi connectivity index (χ4n) is 2.20. The highest BCUT2D eigenvalue weighted by Crippen LogP contribution is 2.20. The number of hydrogen-bond acceptors (Lipinski definition) is 6. The average Bonchev–Trinajstić information content (AvgIpc) is 2.54. The van der Waals surface area contributed by atoms with Gasteiger partial charge < -0.3 is 9.47 Å². The van der Waals surface area contributed by atoms with Crippen molar-refractivity contribution < 1.29 is 27.1 Å². The van der Waals surface area contributed by atoms with Gasteiger partial charge in [-0.15, -0.1) is 4.33 Å². The molecule has 1 fully saturated rings. The Bertz CT molecular complexity index is 563. The fraction of sp³-hybridized carbons (Fsp3) is 0.625. The van der Waals surface area contributed by atoms with Crippen molar-refractivity contribution in [3.05, 3.63) is 29.8 Å². The Morgan fingerprint density at radius 1 is 1.26 bits per heavy atom. The van der Waals surface area contributed by atoms with Gasteiger partial charge >= 0.3 is 10.1 Å². The Hall–Kier alpha value is -0.990. The summed E-state index contributed by atoms with van der Waals surface area (Å²) in [5.41, 5.74) is 0.964. The quantitative estimate of drug-likeness (QED) is 0.409. The standard InChI is InChI=1S/C16H24O6S/c1-3-6-16(20-15-7-4-5-12-19-15)21-22-23(17,18)14-10-8-13(2)9-11-14/h8-11,15-16H,3-7,12H2,1-2H3. The molecule has 2 rings (SSSR count). The summed E-state index contributed by atoms with van der Waals surface area (Å²) in [5, 5.41) is 0. The number of ether oxygens (including phenoxy) is 2. The minimum Gasteiger partial charge on any atom is -0.353 e. The van der Waals surface area contributed by atoms with Crippen molar-refractivity contribution in [3.8, 4) is 0 Å². The topological polar surface area (TPSA) is 71.1 Å². The van der Waals surface area contributed by atoms with Crippen LogP contribution in [0.2, 0.25) is 0 Å². The second-order valence-electron chi connectivity index (χ2n) is 5.58. The molecule has 130 valence electrons. The van der Waals surface area contributed by atoms with E-state index in [1.165, 1.54) is 12.1 Å². The first kappa shape index (κ1) is 18.4. The third-order valence-corrected chi connectivity index (χ3v) is 4.62. The van der Waals surface area contributed by atoms with Gasteiger partial charge in [0.2, 0.25) is 0 Å². The zero-order chi connectivity index (χ0) is 16.7. The van der Waals surface area contributed by atoms with Crippen LogP contribution in [0.25, 0.3) is 0 Å². The molecule has 1 aromatic rings. The van der Waals surface area contributed by atoms with Crippen LogP contribution in [0.1, 0.15) is 44.6 Å². The molecule has 23 heavy (non-hydrogen) atoms. The molecule has 0 saturated carbocycles. The summed E-state index contributed by atoms with van der Waals surface area (Å²) in [5.74, 6) is 0.